The quantitative estimate of drug-likeness (QED) is 0.551. The average molecular weight is 464 g/mol. The zero-order valence-corrected chi connectivity index (χ0v) is 19.5. The van der Waals surface area contributed by atoms with Crippen molar-refractivity contribution in [1.82, 2.24) is 14.0 Å². The van der Waals surface area contributed by atoms with Gasteiger partial charge in [-0.2, -0.15) is 0 Å². The first-order valence-electron chi connectivity index (χ1n) is 12.4. The van der Waals surface area contributed by atoms with Crippen LogP contribution in [0.2, 0.25) is 0 Å². The number of hydrogen-bond acceptors (Lipinski definition) is 5. The van der Waals surface area contributed by atoms with E-state index in [0.717, 1.165) is 68.2 Å². The first-order valence-corrected chi connectivity index (χ1v) is 12.4. The third-order valence-corrected chi connectivity index (χ3v) is 6.85. The number of ether oxygens (including phenoxy) is 2. The van der Waals surface area contributed by atoms with Crippen molar-refractivity contribution >= 4 is 0 Å². The molecule has 1 N–H and O–H groups in total. The van der Waals surface area contributed by atoms with Crippen LogP contribution in [0.3, 0.4) is 0 Å². The van der Waals surface area contributed by atoms with E-state index in [1.165, 1.54) is 12.8 Å². The molecule has 2 aliphatic rings. The maximum absolute atomic E-state index is 13.0. The largest absolute Gasteiger partial charge is 0.492 e. The summed E-state index contributed by atoms with van der Waals surface area (Å²) in [5.74, 6) is 1.64. The molecule has 0 radical (unpaired) electrons. The van der Waals surface area contributed by atoms with Crippen molar-refractivity contribution < 1.29 is 14.6 Å². The Morgan fingerprint density at radius 3 is 1.94 bits per heavy atom. The number of rotatable bonds is 8. The zero-order valence-electron chi connectivity index (χ0n) is 19.5. The Hall–Kier alpha value is -3.03. The van der Waals surface area contributed by atoms with Crippen molar-refractivity contribution in [2.45, 2.75) is 50.7 Å². The summed E-state index contributed by atoms with van der Waals surface area (Å²) in [6, 6.07) is 15.3. The molecule has 2 heterocycles. The number of benzene rings is 2. The van der Waals surface area contributed by atoms with E-state index in [9.17, 15) is 9.90 Å². The van der Waals surface area contributed by atoms with Crippen LogP contribution in [-0.4, -0.2) is 57.6 Å². The van der Waals surface area contributed by atoms with Crippen LogP contribution in [0, 0.1) is 0 Å². The van der Waals surface area contributed by atoms with Gasteiger partial charge in [0.2, 0.25) is 0 Å². The molecule has 0 atom stereocenters. The first kappa shape index (κ1) is 22.7. The molecule has 5 rings (SSSR count). The molecule has 3 aromatic rings. The lowest BCUT2D eigenvalue weighted by molar-refractivity contribution is 0.0755. The number of piperidine rings is 1. The van der Waals surface area contributed by atoms with Gasteiger partial charge < -0.3 is 14.6 Å². The number of nitrogens with zero attached hydrogens (tertiary/aromatic N) is 3. The molecule has 0 spiro atoms. The second-order valence-electron chi connectivity index (χ2n) is 9.25. The SMILES string of the molecule is O=c1n(-c2ccc(OCCN3CCC(O)CC3)cc2)ccn1-c1ccc(OC2CCCC2)cc1. The number of imidazole rings is 1. The van der Waals surface area contributed by atoms with E-state index in [1.807, 2.05) is 48.5 Å². The molecule has 7 heteroatoms. The van der Waals surface area contributed by atoms with Gasteiger partial charge in [-0.25, -0.2) is 4.79 Å². The van der Waals surface area contributed by atoms with Gasteiger partial charge in [-0.15, -0.1) is 0 Å². The number of hydrogen-bond donors (Lipinski definition) is 1. The predicted molar refractivity (Wildman–Crippen MR) is 131 cm³/mol. The standard InChI is InChI=1S/C27H33N3O4/c31-23-13-15-28(16-14-23)19-20-33-24-9-5-21(6-10-24)29-17-18-30(27(29)32)22-7-11-26(12-8-22)34-25-3-1-2-4-25/h5-12,17-18,23,25,31H,1-4,13-16,19-20H2. The highest BCUT2D eigenvalue weighted by molar-refractivity contribution is 5.40. The highest BCUT2D eigenvalue weighted by atomic mass is 16.5. The minimum absolute atomic E-state index is 0.120. The summed E-state index contributed by atoms with van der Waals surface area (Å²) in [7, 11) is 0. The lowest BCUT2D eigenvalue weighted by atomic mass is 10.1. The van der Waals surface area contributed by atoms with Crippen LogP contribution in [0.15, 0.2) is 65.7 Å². The van der Waals surface area contributed by atoms with E-state index in [0.29, 0.717) is 12.7 Å². The molecule has 0 unspecified atom stereocenters. The fraction of sp³-hybridized carbons (Fsp3) is 0.444. The van der Waals surface area contributed by atoms with Crippen molar-refractivity contribution in [2.75, 3.05) is 26.2 Å². The molecule has 1 aliphatic carbocycles. The third kappa shape index (κ3) is 5.37. The lowest BCUT2D eigenvalue weighted by Crippen LogP contribution is -2.38. The molecule has 1 saturated heterocycles. The van der Waals surface area contributed by atoms with Crippen molar-refractivity contribution in [1.29, 1.82) is 0 Å². The first-order chi connectivity index (χ1) is 16.7. The van der Waals surface area contributed by atoms with Crippen molar-refractivity contribution in [3.8, 4) is 22.9 Å². The summed E-state index contributed by atoms with van der Waals surface area (Å²) in [5, 5.41) is 9.61. The van der Waals surface area contributed by atoms with Gasteiger partial charge in [0.25, 0.3) is 0 Å². The Morgan fingerprint density at radius 1 is 0.794 bits per heavy atom. The Kier molecular flexibility index (Phi) is 7.02. The summed E-state index contributed by atoms with van der Waals surface area (Å²) < 4.78 is 15.2. The van der Waals surface area contributed by atoms with Crippen molar-refractivity contribution in [2.24, 2.45) is 0 Å². The van der Waals surface area contributed by atoms with Crippen molar-refractivity contribution in [3.63, 3.8) is 0 Å². The number of aliphatic hydroxyl groups is 1. The molecular weight excluding hydrogens is 430 g/mol. The molecule has 1 saturated carbocycles. The molecule has 2 fully saturated rings. The van der Waals surface area contributed by atoms with Crippen molar-refractivity contribution in [3.05, 3.63) is 71.4 Å². The molecule has 1 aromatic heterocycles. The minimum atomic E-state index is -0.155. The van der Waals surface area contributed by atoms with Crippen LogP contribution >= 0.6 is 0 Å². The van der Waals surface area contributed by atoms with Crippen LogP contribution < -0.4 is 15.2 Å². The summed E-state index contributed by atoms with van der Waals surface area (Å²) in [5.41, 5.74) is 1.49. The number of likely N-dealkylation sites (tertiary alicyclic amines) is 1. The smallest absolute Gasteiger partial charge is 0.337 e. The van der Waals surface area contributed by atoms with E-state index in [-0.39, 0.29) is 11.8 Å². The average Bonchev–Trinajstić information content (AvgIpc) is 3.51. The molecule has 34 heavy (non-hydrogen) atoms. The van der Waals surface area contributed by atoms with Gasteiger partial charge in [-0.05, 0) is 87.1 Å². The van der Waals surface area contributed by atoms with E-state index < -0.39 is 0 Å². The Labute approximate surface area is 200 Å². The van der Waals surface area contributed by atoms with Gasteiger partial charge >= 0.3 is 5.69 Å². The Morgan fingerprint density at radius 2 is 1.35 bits per heavy atom. The van der Waals surface area contributed by atoms with Gasteiger partial charge in [-0.3, -0.25) is 14.0 Å². The zero-order chi connectivity index (χ0) is 23.3. The molecule has 2 aromatic carbocycles. The van der Waals surface area contributed by atoms with Crippen LogP contribution in [0.4, 0.5) is 0 Å². The second-order valence-corrected chi connectivity index (χ2v) is 9.25. The fourth-order valence-corrected chi connectivity index (χ4v) is 4.79. The molecule has 180 valence electrons. The number of aliphatic hydroxyl groups excluding tert-OH is 1. The topological polar surface area (TPSA) is 68.9 Å². The van der Waals surface area contributed by atoms with E-state index >= 15 is 0 Å². The summed E-state index contributed by atoms with van der Waals surface area (Å²) in [6.07, 6.45) is 10.1. The normalized spacial score (nSPS) is 17.8. The summed E-state index contributed by atoms with van der Waals surface area (Å²) in [6.45, 7) is 3.28. The summed E-state index contributed by atoms with van der Waals surface area (Å²) in [4.78, 5) is 15.3. The second kappa shape index (κ2) is 10.5. The van der Waals surface area contributed by atoms with E-state index in [4.69, 9.17) is 9.47 Å². The molecule has 0 amide bonds. The Balaban J connectivity index is 1.18. The predicted octanol–water partition coefficient (Wildman–Crippen LogP) is 3.79. The molecule has 7 nitrogen and oxygen atoms in total. The third-order valence-electron chi connectivity index (χ3n) is 6.85. The summed E-state index contributed by atoms with van der Waals surface area (Å²) >= 11 is 0. The van der Waals surface area contributed by atoms with Gasteiger partial charge in [0, 0.05) is 32.0 Å². The monoisotopic (exact) mass is 463 g/mol. The van der Waals surface area contributed by atoms with Gasteiger partial charge in [0.05, 0.1) is 23.6 Å². The maximum atomic E-state index is 13.0. The van der Waals surface area contributed by atoms with Crippen LogP contribution in [0.25, 0.3) is 11.4 Å². The maximum Gasteiger partial charge on any atom is 0.337 e. The lowest BCUT2D eigenvalue weighted by Gasteiger charge is -2.29. The van der Waals surface area contributed by atoms with E-state index in [2.05, 4.69) is 4.90 Å². The van der Waals surface area contributed by atoms with Gasteiger partial charge in [-0.1, -0.05) is 0 Å². The minimum Gasteiger partial charge on any atom is -0.492 e. The van der Waals surface area contributed by atoms with E-state index in [1.54, 1.807) is 21.5 Å². The van der Waals surface area contributed by atoms with Crippen LogP contribution in [0.5, 0.6) is 11.5 Å². The highest BCUT2D eigenvalue weighted by Crippen LogP contribution is 2.24. The molecule has 1 aliphatic heterocycles. The Bertz CT molecular complexity index is 1110. The van der Waals surface area contributed by atoms with Gasteiger partial charge in [0.1, 0.15) is 18.1 Å². The van der Waals surface area contributed by atoms with Crippen LogP contribution in [-0.2, 0) is 0 Å². The molecular formula is C27H33N3O4. The highest BCUT2D eigenvalue weighted by Gasteiger charge is 2.17. The number of aromatic nitrogens is 2. The molecule has 0 bridgehead atoms. The fourth-order valence-electron chi connectivity index (χ4n) is 4.79. The van der Waals surface area contributed by atoms with Crippen LogP contribution in [0.1, 0.15) is 38.5 Å². The van der Waals surface area contributed by atoms with Gasteiger partial charge in [0.15, 0.2) is 0 Å².